The van der Waals surface area contributed by atoms with Gasteiger partial charge in [-0.15, -0.1) is 0 Å². The average molecular weight is 557 g/mol. The molecule has 1 spiro atoms. The molecule has 1 saturated heterocycles. The largest absolute Gasteiger partial charge is 0.497 e. The standard InChI is InChI=1S/C31H33ClN6O2/c1-36-26-9-10-27-29(25(26)20-35-36)31(21-38(27)30(39)34-19-23-11-14-33-28(32)18-23)12-16-37(17-13-31)15-3-4-22-5-7-24(40-2)8-6-22/h3-11,14,18,20H,12-13,15-17,19,21H2,1-2H3,(H,34,39)/b4-3+. The summed E-state index contributed by atoms with van der Waals surface area (Å²) in [6, 6.07) is 15.8. The van der Waals surface area contributed by atoms with E-state index in [1.165, 1.54) is 5.56 Å². The van der Waals surface area contributed by atoms with E-state index in [-0.39, 0.29) is 11.4 Å². The molecule has 8 nitrogen and oxygen atoms in total. The molecule has 2 amide bonds. The lowest BCUT2D eigenvalue weighted by Crippen LogP contribution is -2.47. The van der Waals surface area contributed by atoms with Crippen LogP contribution in [0.1, 0.15) is 29.5 Å². The summed E-state index contributed by atoms with van der Waals surface area (Å²) in [6.07, 6.45) is 9.97. The van der Waals surface area contributed by atoms with E-state index in [1.807, 2.05) is 41.0 Å². The van der Waals surface area contributed by atoms with Crippen LogP contribution in [0.3, 0.4) is 0 Å². The minimum absolute atomic E-state index is 0.0980. The Bertz CT molecular complexity index is 1560. The van der Waals surface area contributed by atoms with Gasteiger partial charge in [-0.05, 0) is 79.0 Å². The van der Waals surface area contributed by atoms with Gasteiger partial charge in [-0.2, -0.15) is 5.10 Å². The van der Waals surface area contributed by atoms with E-state index in [2.05, 4.69) is 56.7 Å². The Labute approximate surface area is 239 Å². The number of methoxy groups -OCH3 is 1. The molecule has 2 aromatic carbocycles. The third-order valence-corrected chi connectivity index (χ3v) is 8.48. The number of likely N-dealkylation sites (tertiary alicyclic amines) is 1. The van der Waals surface area contributed by atoms with Gasteiger partial charge in [0.15, 0.2) is 0 Å². The quantitative estimate of drug-likeness (QED) is 0.322. The lowest BCUT2D eigenvalue weighted by atomic mass is 9.73. The number of aryl methyl sites for hydroxylation is 1. The van der Waals surface area contributed by atoms with Crippen LogP contribution in [0.4, 0.5) is 10.5 Å². The van der Waals surface area contributed by atoms with Gasteiger partial charge >= 0.3 is 6.03 Å². The molecule has 6 rings (SSSR count). The summed E-state index contributed by atoms with van der Waals surface area (Å²) in [6.45, 7) is 3.88. The zero-order chi connectivity index (χ0) is 27.7. The third kappa shape index (κ3) is 5.05. The summed E-state index contributed by atoms with van der Waals surface area (Å²) in [5.74, 6) is 0.863. The van der Waals surface area contributed by atoms with Crippen molar-refractivity contribution >= 4 is 40.3 Å². The number of hydrogen-bond acceptors (Lipinski definition) is 5. The van der Waals surface area contributed by atoms with E-state index in [4.69, 9.17) is 16.3 Å². The molecule has 0 saturated carbocycles. The molecule has 0 aliphatic carbocycles. The molecule has 1 fully saturated rings. The molecule has 4 aromatic rings. The summed E-state index contributed by atoms with van der Waals surface area (Å²) >= 11 is 6.04. The van der Waals surface area contributed by atoms with Gasteiger partial charge in [0.1, 0.15) is 10.9 Å². The van der Waals surface area contributed by atoms with Crippen molar-refractivity contribution in [3.8, 4) is 5.75 Å². The van der Waals surface area contributed by atoms with E-state index in [1.54, 1.807) is 19.4 Å². The zero-order valence-electron chi connectivity index (χ0n) is 22.8. The number of amides is 2. The number of rotatable bonds is 6. The van der Waals surface area contributed by atoms with Crippen LogP contribution in [0.2, 0.25) is 5.15 Å². The van der Waals surface area contributed by atoms with E-state index >= 15 is 0 Å². The first-order chi connectivity index (χ1) is 19.5. The molecule has 0 unspecified atom stereocenters. The molecule has 40 heavy (non-hydrogen) atoms. The zero-order valence-corrected chi connectivity index (χ0v) is 23.6. The number of ether oxygens (including phenoxy) is 1. The van der Waals surface area contributed by atoms with Gasteiger partial charge in [0.05, 0.1) is 24.5 Å². The van der Waals surface area contributed by atoms with Crippen LogP contribution >= 0.6 is 11.6 Å². The van der Waals surface area contributed by atoms with E-state index in [0.29, 0.717) is 18.2 Å². The number of carbonyl (C=O) groups excluding carboxylic acids is 1. The van der Waals surface area contributed by atoms with Gasteiger partial charge in [-0.1, -0.05) is 35.9 Å². The van der Waals surface area contributed by atoms with Crippen LogP contribution < -0.4 is 15.0 Å². The van der Waals surface area contributed by atoms with Crippen molar-refractivity contribution in [2.75, 3.05) is 38.2 Å². The van der Waals surface area contributed by atoms with Crippen molar-refractivity contribution in [2.45, 2.75) is 24.8 Å². The molecule has 2 aliphatic rings. The number of fused-ring (bicyclic) bond motifs is 4. The number of nitrogens with zero attached hydrogens (tertiary/aromatic N) is 5. The van der Waals surface area contributed by atoms with E-state index < -0.39 is 0 Å². The van der Waals surface area contributed by atoms with Gasteiger partial charge in [0.2, 0.25) is 0 Å². The number of hydrogen-bond donors (Lipinski definition) is 1. The molecule has 1 N–H and O–H groups in total. The molecule has 0 atom stereocenters. The summed E-state index contributed by atoms with van der Waals surface area (Å²) in [4.78, 5) is 22.0. The maximum Gasteiger partial charge on any atom is 0.322 e. The first-order valence-corrected chi connectivity index (χ1v) is 14.0. The molecule has 2 aromatic heterocycles. The second-order valence-corrected chi connectivity index (χ2v) is 11.0. The maximum atomic E-state index is 13.5. The Morgan fingerprint density at radius 1 is 1.15 bits per heavy atom. The number of benzene rings is 2. The van der Waals surface area contributed by atoms with Gasteiger partial charge in [0.25, 0.3) is 0 Å². The second-order valence-electron chi connectivity index (χ2n) is 10.6. The molecular formula is C31H33ClN6O2. The summed E-state index contributed by atoms with van der Waals surface area (Å²) < 4.78 is 7.17. The van der Waals surface area contributed by atoms with Crippen LogP contribution in [0.5, 0.6) is 5.75 Å². The molecule has 206 valence electrons. The number of pyridine rings is 1. The number of nitrogens with one attached hydrogen (secondary N) is 1. The molecule has 4 heterocycles. The molecular weight excluding hydrogens is 524 g/mol. The predicted octanol–water partition coefficient (Wildman–Crippen LogP) is 5.41. The Hall–Kier alpha value is -3.88. The minimum Gasteiger partial charge on any atom is -0.497 e. The van der Waals surface area contributed by atoms with Crippen molar-refractivity contribution in [1.82, 2.24) is 25.0 Å². The van der Waals surface area contributed by atoms with Crippen molar-refractivity contribution in [2.24, 2.45) is 7.05 Å². The lowest BCUT2D eigenvalue weighted by Gasteiger charge is -2.39. The first-order valence-electron chi connectivity index (χ1n) is 13.6. The fourth-order valence-electron chi connectivity index (χ4n) is 6.10. The van der Waals surface area contributed by atoms with Crippen LogP contribution in [-0.2, 0) is 19.0 Å². The van der Waals surface area contributed by atoms with Crippen molar-refractivity contribution in [3.05, 3.63) is 88.8 Å². The topological polar surface area (TPSA) is 75.5 Å². The maximum absolute atomic E-state index is 13.5. The summed E-state index contributed by atoms with van der Waals surface area (Å²) in [5, 5.41) is 9.21. The molecule has 9 heteroatoms. The molecule has 0 radical (unpaired) electrons. The van der Waals surface area contributed by atoms with Gasteiger partial charge < -0.3 is 10.1 Å². The highest BCUT2D eigenvalue weighted by atomic mass is 35.5. The number of piperidine rings is 1. The number of halogens is 1. The average Bonchev–Trinajstić information content (AvgIpc) is 3.51. The normalized spacial score (nSPS) is 16.6. The summed E-state index contributed by atoms with van der Waals surface area (Å²) in [7, 11) is 3.65. The molecule has 2 aliphatic heterocycles. The number of urea groups is 1. The number of anilines is 1. The summed E-state index contributed by atoms with van der Waals surface area (Å²) in [5.41, 5.74) is 5.31. The fourth-order valence-corrected chi connectivity index (χ4v) is 6.29. The monoisotopic (exact) mass is 556 g/mol. The highest BCUT2D eigenvalue weighted by Crippen LogP contribution is 2.50. The third-order valence-electron chi connectivity index (χ3n) is 8.27. The van der Waals surface area contributed by atoms with Gasteiger partial charge in [0, 0.05) is 43.7 Å². The Morgan fingerprint density at radius 2 is 1.95 bits per heavy atom. The first kappa shape index (κ1) is 26.3. The van der Waals surface area contributed by atoms with Gasteiger partial charge in [-0.25, -0.2) is 9.78 Å². The van der Waals surface area contributed by atoms with Gasteiger partial charge in [-0.3, -0.25) is 14.5 Å². The highest BCUT2D eigenvalue weighted by Gasteiger charge is 2.47. The van der Waals surface area contributed by atoms with Crippen LogP contribution in [0.15, 0.2) is 67.0 Å². The van der Waals surface area contributed by atoms with Crippen molar-refractivity contribution in [3.63, 3.8) is 0 Å². The van der Waals surface area contributed by atoms with Crippen molar-refractivity contribution < 1.29 is 9.53 Å². The van der Waals surface area contributed by atoms with Crippen LogP contribution in [0.25, 0.3) is 17.0 Å². The highest BCUT2D eigenvalue weighted by molar-refractivity contribution is 6.29. The Balaban J connectivity index is 1.19. The van der Waals surface area contributed by atoms with Crippen molar-refractivity contribution in [1.29, 1.82) is 0 Å². The number of carbonyl (C=O) groups is 1. The van der Waals surface area contributed by atoms with Crippen LogP contribution in [-0.4, -0.2) is 59.0 Å². The smallest absolute Gasteiger partial charge is 0.322 e. The Kier molecular flexibility index (Phi) is 7.21. The minimum atomic E-state index is -0.106. The Morgan fingerprint density at radius 3 is 2.70 bits per heavy atom. The van der Waals surface area contributed by atoms with E-state index in [0.717, 1.165) is 65.9 Å². The molecule has 0 bridgehead atoms. The van der Waals surface area contributed by atoms with Crippen LogP contribution in [0, 0.1) is 0 Å². The SMILES string of the molecule is COc1ccc(/C=C/CN2CCC3(CC2)CN(C(=O)NCc2ccnc(Cl)c2)c2ccc4c(cnn4C)c23)cc1. The lowest BCUT2D eigenvalue weighted by molar-refractivity contribution is 0.181. The second kappa shape index (κ2) is 10.9. The fraction of sp³-hybridized carbons (Fsp3) is 0.323. The van der Waals surface area contributed by atoms with E-state index in [9.17, 15) is 4.79 Å². The number of aromatic nitrogens is 3. The predicted molar refractivity (Wildman–Crippen MR) is 159 cm³/mol.